The Labute approximate surface area is 291 Å². The Morgan fingerprint density at radius 3 is 1.34 bits per heavy atom. The minimum Gasteiger partial charge on any atom is -0.0622 e. The van der Waals surface area contributed by atoms with Crippen LogP contribution in [-0.2, 0) is 0 Å². The van der Waals surface area contributed by atoms with Gasteiger partial charge in [0.15, 0.2) is 0 Å². The molecule has 0 unspecified atom stereocenters. The maximum atomic E-state index is 2.37. The van der Waals surface area contributed by atoms with Gasteiger partial charge in [0.2, 0.25) is 0 Å². The Balaban J connectivity index is 1.13. The molecule has 0 nitrogen and oxygen atoms in total. The average molecular weight is 633 g/mol. The first kappa shape index (κ1) is 28.5. The fraction of sp³-hybridized carbons (Fsp3) is 0. The zero-order valence-electron chi connectivity index (χ0n) is 27.5. The average Bonchev–Trinajstić information content (AvgIpc) is 3.19. The molecule has 232 valence electrons. The fourth-order valence-electron chi connectivity index (χ4n) is 8.05. The van der Waals surface area contributed by atoms with E-state index in [0.717, 1.165) is 0 Å². The van der Waals surface area contributed by atoms with E-state index in [1.165, 1.54) is 98.4 Å². The summed E-state index contributed by atoms with van der Waals surface area (Å²) in [6, 6.07) is 71.3. The molecule has 0 aliphatic carbocycles. The van der Waals surface area contributed by atoms with Gasteiger partial charge in [0.25, 0.3) is 0 Å². The molecule has 0 aromatic heterocycles. The van der Waals surface area contributed by atoms with Gasteiger partial charge in [-0.15, -0.1) is 0 Å². The summed E-state index contributed by atoms with van der Waals surface area (Å²) in [6.45, 7) is 0. The van der Waals surface area contributed by atoms with Crippen LogP contribution in [0.4, 0.5) is 0 Å². The van der Waals surface area contributed by atoms with Gasteiger partial charge in [-0.25, -0.2) is 0 Å². The first-order valence-electron chi connectivity index (χ1n) is 17.3. The van der Waals surface area contributed by atoms with Crippen LogP contribution < -0.4 is 0 Å². The van der Waals surface area contributed by atoms with Crippen molar-refractivity contribution in [1.29, 1.82) is 0 Å². The molecule has 0 amide bonds. The van der Waals surface area contributed by atoms with E-state index >= 15 is 0 Å². The third-order valence-corrected chi connectivity index (χ3v) is 10.4. The summed E-state index contributed by atoms with van der Waals surface area (Å²) in [7, 11) is 0. The molecule has 0 spiro atoms. The van der Waals surface area contributed by atoms with E-state index in [1.807, 2.05) is 0 Å². The van der Waals surface area contributed by atoms with E-state index < -0.39 is 0 Å². The van der Waals surface area contributed by atoms with Gasteiger partial charge in [0, 0.05) is 0 Å². The third-order valence-electron chi connectivity index (χ3n) is 10.4. The van der Waals surface area contributed by atoms with Gasteiger partial charge < -0.3 is 0 Å². The standard InChI is InChI=1S/C50H32/c1-2-11-33(12-3-1)34-21-23-35(24-22-34)37-25-26-39-32-40(28-27-38(39)31-37)49-45-15-6-8-17-47(45)50(48-18-9-7-16-46(48)49)44-20-10-19-42-41-14-5-4-13-36(41)29-30-43(42)44/h1-32H. The zero-order chi connectivity index (χ0) is 33.0. The van der Waals surface area contributed by atoms with Gasteiger partial charge in [-0.3, -0.25) is 0 Å². The maximum absolute atomic E-state index is 2.37. The Morgan fingerprint density at radius 1 is 0.200 bits per heavy atom. The highest BCUT2D eigenvalue weighted by Gasteiger charge is 2.18. The number of fused-ring (bicyclic) bond motifs is 6. The first-order valence-corrected chi connectivity index (χ1v) is 17.3. The summed E-state index contributed by atoms with van der Waals surface area (Å²) in [6.07, 6.45) is 0. The smallest absolute Gasteiger partial charge is 0.00201 e. The van der Waals surface area contributed by atoms with Crippen molar-refractivity contribution in [2.24, 2.45) is 0 Å². The minimum absolute atomic E-state index is 1.23. The van der Waals surface area contributed by atoms with Crippen LogP contribution >= 0.6 is 0 Å². The van der Waals surface area contributed by atoms with Crippen LogP contribution in [0.1, 0.15) is 0 Å². The van der Waals surface area contributed by atoms with Crippen LogP contribution in [0.5, 0.6) is 0 Å². The number of benzene rings is 10. The molecule has 0 saturated heterocycles. The molecule has 0 heteroatoms. The lowest BCUT2D eigenvalue weighted by Crippen LogP contribution is -1.92. The summed E-state index contributed by atoms with van der Waals surface area (Å²) in [5.41, 5.74) is 10.0. The Hall–Kier alpha value is -6.50. The van der Waals surface area contributed by atoms with Crippen LogP contribution in [0.3, 0.4) is 0 Å². The van der Waals surface area contributed by atoms with Crippen molar-refractivity contribution in [2.75, 3.05) is 0 Å². The minimum atomic E-state index is 1.23. The molecule has 0 saturated carbocycles. The molecule has 50 heavy (non-hydrogen) atoms. The second-order valence-corrected chi connectivity index (χ2v) is 13.2. The largest absolute Gasteiger partial charge is 0.0622 e. The highest BCUT2D eigenvalue weighted by atomic mass is 14.2. The Bertz CT molecular complexity index is 2840. The molecular formula is C50H32. The molecular weight excluding hydrogens is 601 g/mol. The second kappa shape index (κ2) is 11.6. The van der Waals surface area contributed by atoms with Crippen molar-refractivity contribution in [3.8, 4) is 44.5 Å². The molecule has 0 radical (unpaired) electrons. The van der Waals surface area contributed by atoms with Crippen LogP contribution in [0.2, 0.25) is 0 Å². The molecule has 0 aliphatic heterocycles. The molecule has 0 N–H and O–H groups in total. The summed E-state index contributed by atoms with van der Waals surface area (Å²) in [5, 5.41) is 12.7. The zero-order valence-corrected chi connectivity index (χ0v) is 27.5. The fourth-order valence-corrected chi connectivity index (χ4v) is 8.05. The second-order valence-electron chi connectivity index (χ2n) is 13.2. The molecule has 10 rings (SSSR count). The predicted molar refractivity (Wildman–Crippen MR) is 216 cm³/mol. The molecule has 0 bridgehead atoms. The predicted octanol–water partition coefficient (Wildman–Crippen LogP) is 14.1. The summed E-state index contributed by atoms with van der Waals surface area (Å²) >= 11 is 0. The van der Waals surface area contributed by atoms with Gasteiger partial charge in [0.05, 0.1) is 0 Å². The third kappa shape index (κ3) is 4.61. The number of hydrogen-bond donors (Lipinski definition) is 0. The molecule has 0 fully saturated rings. The van der Waals surface area contributed by atoms with Crippen molar-refractivity contribution < 1.29 is 0 Å². The van der Waals surface area contributed by atoms with E-state index in [4.69, 9.17) is 0 Å². The van der Waals surface area contributed by atoms with Crippen LogP contribution in [0.25, 0.3) is 98.4 Å². The molecule has 0 atom stereocenters. The van der Waals surface area contributed by atoms with Crippen LogP contribution in [0.15, 0.2) is 194 Å². The monoisotopic (exact) mass is 632 g/mol. The normalized spacial score (nSPS) is 11.6. The highest BCUT2D eigenvalue weighted by molar-refractivity contribution is 6.25. The summed E-state index contributed by atoms with van der Waals surface area (Å²) in [4.78, 5) is 0. The highest BCUT2D eigenvalue weighted by Crippen LogP contribution is 2.46. The molecule has 10 aromatic carbocycles. The molecule has 0 aliphatic rings. The van der Waals surface area contributed by atoms with Crippen molar-refractivity contribution in [2.45, 2.75) is 0 Å². The van der Waals surface area contributed by atoms with Crippen LogP contribution in [0, 0.1) is 0 Å². The maximum Gasteiger partial charge on any atom is -0.00201 e. The summed E-state index contributed by atoms with van der Waals surface area (Å²) < 4.78 is 0. The SMILES string of the molecule is c1ccc(-c2ccc(-c3ccc4cc(-c5c6ccccc6c(-c6cccc7c6ccc6ccccc67)c6ccccc56)ccc4c3)cc2)cc1. The van der Waals surface area contributed by atoms with Gasteiger partial charge in [-0.05, 0) is 111 Å². The van der Waals surface area contributed by atoms with Gasteiger partial charge in [-0.1, -0.05) is 182 Å². The Kier molecular flexibility index (Phi) is 6.60. The quantitative estimate of drug-likeness (QED) is 0.134. The van der Waals surface area contributed by atoms with E-state index in [-0.39, 0.29) is 0 Å². The topological polar surface area (TPSA) is 0 Å². The van der Waals surface area contributed by atoms with Crippen molar-refractivity contribution in [1.82, 2.24) is 0 Å². The first-order chi connectivity index (χ1) is 24.8. The van der Waals surface area contributed by atoms with Gasteiger partial charge in [0.1, 0.15) is 0 Å². The van der Waals surface area contributed by atoms with E-state index in [9.17, 15) is 0 Å². The Morgan fingerprint density at radius 2 is 0.660 bits per heavy atom. The summed E-state index contributed by atoms with van der Waals surface area (Å²) in [5.74, 6) is 0. The lowest BCUT2D eigenvalue weighted by atomic mass is 9.84. The van der Waals surface area contributed by atoms with Gasteiger partial charge in [-0.2, -0.15) is 0 Å². The van der Waals surface area contributed by atoms with Crippen molar-refractivity contribution in [3.63, 3.8) is 0 Å². The lowest BCUT2D eigenvalue weighted by molar-refractivity contribution is 1.60. The lowest BCUT2D eigenvalue weighted by Gasteiger charge is -2.19. The van der Waals surface area contributed by atoms with Crippen LogP contribution in [-0.4, -0.2) is 0 Å². The van der Waals surface area contributed by atoms with E-state index in [1.54, 1.807) is 0 Å². The number of hydrogen-bond acceptors (Lipinski definition) is 0. The van der Waals surface area contributed by atoms with E-state index in [2.05, 4.69) is 194 Å². The molecule has 10 aromatic rings. The van der Waals surface area contributed by atoms with Crippen molar-refractivity contribution in [3.05, 3.63) is 194 Å². The van der Waals surface area contributed by atoms with Gasteiger partial charge >= 0.3 is 0 Å². The van der Waals surface area contributed by atoms with Crippen molar-refractivity contribution >= 4 is 53.9 Å². The van der Waals surface area contributed by atoms with E-state index in [0.29, 0.717) is 0 Å². The molecule has 0 heterocycles. The number of rotatable bonds is 4.